The second kappa shape index (κ2) is 102. The zero-order valence-electron chi connectivity index (χ0n) is 82.3. The molecule has 5 atom stereocenters. The molecule has 18 heteroatoms. The van der Waals surface area contributed by atoms with E-state index in [4.69, 9.17) is 32.3 Å². The van der Waals surface area contributed by atoms with Gasteiger partial charge in [-0.15, -0.1) is 0 Å². The van der Waals surface area contributed by atoms with Gasteiger partial charge in [-0.2, -0.15) is 0 Å². The van der Waals surface area contributed by atoms with Gasteiger partial charge in [-0.1, -0.05) is 454 Å². The highest BCUT2D eigenvalue weighted by Gasteiger charge is 2.30. The molecule has 0 aliphatic heterocycles. The molecule has 0 bridgehead atoms. The average Bonchev–Trinajstić information content (AvgIpc) is 0.899. The minimum absolute atomic E-state index is 0.0898. The van der Waals surface area contributed by atoms with Crippen LogP contribution in [-0.2, 0) is 55.8 Å². The summed E-state index contributed by atoms with van der Waals surface area (Å²) in [6.07, 6.45) is 134. The van der Waals surface area contributed by atoms with E-state index in [9.17, 15) is 43.5 Å². The van der Waals surface area contributed by atoms with Crippen molar-refractivity contribution >= 4 is 33.6 Å². The standard InChI is InChI=1S/C111H192O16P2/c1-4-7-10-13-16-19-22-25-28-31-34-37-40-42-44-46-48-50-52-54-56-58-60-62-65-67-70-73-76-79-82-85-88-91-94-97-109(114)121-100-106(112)101-123-128(117,118)124-102-107(113)103-125-129(119,120)126-105-108(127-111(116)99-96-93-90-87-84-81-78-75-72-69-64-39-36-33-30-27-24-21-18-15-12-9-6-3)104-122-110(115)98-95-92-89-86-83-80-77-74-71-68-66-63-61-59-57-55-53-51-49-47-45-43-41-38-35-32-29-26-23-20-17-14-11-8-5-2/h7,9-10,12,16-21,25-30,34-39,42-45,69,72,106-108,112-113H,4-6,8,11,13-15,22-24,31-33,40-41,46-68,70-71,73-105H2,1-3H3,(H,117,118)(H,119,120)/b10-7-,12-9-,19-16-,20-17-,21-18-,28-25-,29-26-,30-27-,37-34-,38-35-,39-36-,44-42-,45-43-,72-69-. The van der Waals surface area contributed by atoms with Crippen LogP contribution in [0.1, 0.15) is 457 Å². The van der Waals surface area contributed by atoms with Gasteiger partial charge in [0.1, 0.15) is 25.4 Å². The molecule has 742 valence electrons. The van der Waals surface area contributed by atoms with Crippen molar-refractivity contribution in [3.05, 3.63) is 170 Å². The SMILES string of the molecule is CC/C=C\C/C=C\C/C=C\C/C=C\C/C=C\CCCCCCCCCCCCCCCCCCCCCC(=O)OCC(O)COP(=O)(O)OCC(O)COP(=O)(O)OCC(COC(=O)CCCCCCCCCCCCCCCCCCCCC/C=C\C/C=C\C/C=C\C/C=C\CCCCC)OC(=O)CCCCCCCCC/C=C\C/C=C\C/C=C\C/C=C\C/C=C\CC. The molecule has 4 N–H and O–H groups in total. The molecular weight excluding hydrogens is 1650 g/mol. The van der Waals surface area contributed by atoms with Crippen molar-refractivity contribution in [1.29, 1.82) is 0 Å². The van der Waals surface area contributed by atoms with Crippen LogP contribution in [0.3, 0.4) is 0 Å². The molecule has 0 aromatic rings. The van der Waals surface area contributed by atoms with Crippen LogP contribution in [0, 0.1) is 0 Å². The molecule has 0 rings (SSSR count). The number of phosphoric ester groups is 2. The first-order valence-corrected chi connectivity index (χ1v) is 55.4. The molecule has 0 heterocycles. The Labute approximate surface area is 790 Å². The fourth-order valence-electron chi connectivity index (χ4n) is 14.6. The minimum Gasteiger partial charge on any atom is -0.463 e. The third-order valence-corrected chi connectivity index (χ3v) is 24.3. The topological polar surface area (TPSA) is 231 Å². The van der Waals surface area contributed by atoms with Crippen molar-refractivity contribution in [3.8, 4) is 0 Å². The maximum Gasteiger partial charge on any atom is 0.472 e. The number of carbonyl (C=O) groups is 3. The fourth-order valence-corrected chi connectivity index (χ4v) is 16.1. The summed E-state index contributed by atoms with van der Waals surface area (Å²) in [7, 11) is -9.82. The zero-order valence-corrected chi connectivity index (χ0v) is 84.1. The predicted octanol–water partition coefficient (Wildman–Crippen LogP) is 33.3. The largest absolute Gasteiger partial charge is 0.472 e. The Bertz CT molecular complexity index is 3030. The van der Waals surface area contributed by atoms with Crippen LogP contribution in [0.15, 0.2) is 170 Å². The Balaban J connectivity index is 4.53. The van der Waals surface area contributed by atoms with Crippen molar-refractivity contribution in [2.45, 2.75) is 476 Å². The highest BCUT2D eigenvalue weighted by atomic mass is 31.2. The third kappa shape index (κ3) is 103. The van der Waals surface area contributed by atoms with Crippen LogP contribution in [0.2, 0.25) is 0 Å². The second-order valence-corrected chi connectivity index (χ2v) is 37.8. The smallest absolute Gasteiger partial charge is 0.463 e. The first-order chi connectivity index (χ1) is 63.2. The van der Waals surface area contributed by atoms with E-state index in [1.807, 2.05) is 0 Å². The first-order valence-electron chi connectivity index (χ1n) is 52.4. The average molecular weight is 1840 g/mol. The lowest BCUT2D eigenvalue weighted by molar-refractivity contribution is -0.161. The van der Waals surface area contributed by atoms with E-state index in [0.717, 1.165) is 167 Å². The van der Waals surface area contributed by atoms with Gasteiger partial charge in [0.15, 0.2) is 6.10 Å². The number of hydrogen-bond donors (Lipinski definition) is 4. The third-order valence-electron chi connectivity index (χ3n) is 22.4. The molecule has 0 aliphatic rings. The lowest BCUT2D eigenvalue weighted by atomic mass is 10.0. The van der Waals surface area contributed by atoms with E-state index in [1.165, 1.54) is 231 Å². The number of rotatable bonds is 99. The molecular formula is C111H192O16P2. The molecule has 0 aromatic heterocycles. The number of ether oxygens (including phenoxy) is 3. The van der Waals surface area contributed by atoms with Crippen molar-refractivity contribution in [3.63, 3.8) is 0 Å². The summed E-state index contributed by atoms with van der Waals surface area (Å²) in [6.45, 7) is 2.49. The molecule has 16 nitrogen and oxygen atoms in total. The van der Waals surface area contributed by atoms with E-state index >= 15 is 0 Å². The maximum absolute atomic E-state index is 13.1. The van der Waals surface area contributed by atoms with Crippen molar-refractivity contribution in [2.75, 3.05) is 39.6 Å². The van der Waals surface area contributed by atoms with Crippen LogP contribution >= 0.6 is 15.6 Å². The minimum atomic E-state index is -4.95. The van der Waals surface area contributed by atoms with Gasteiger partial charge in [0.25, 0.3) is 0 Å². The normalized spacial score (nSPS) is 14.3. The molecule has 129 heavy (non-hydrogen) atoms. The lowest BCUT2D eigenvalue weighted by Gasteiger charge is -2.21. The molecule has 0 amide bonds. The van der Waals surface area contributed by atoms with Gasteiger partial charge in [-0.25, -0.2) is 9.13 Å². The van der Waals surface area contributed by atoms with Crippen LogP contribution in [0.5, 0.6) is 0 Å². The van der Waals surface area contributed by atoms with E-state index in [2.05, 4.69) is 191 Å². The maximum atomic E-state index is 13.1. The van der Waals surface area contributed by atoms with Gasteiger partial charge >= 0.3 is 33.6 Å². The summed E-state index contributed by atoms with van der Waals surface area (Å²) in [6, 6.07) is 0. The highest BCUT2D eigenvalue weighted by Crippen LogP contribution is 2.45. The second-order valence-electron chi connectivity index (χ2n) is 34.9. The summed E-state index contributed by atoms with van der Waals surface area (Å²) in [5.41, 5.74) is 0. The summed E-state index contributed by atoms with van der Waals surface area (Å²) in [5, 5.41) is 20.8. The number of esters is 3. The van der Waals surface area contributed by atoms with Crippen LogP contribution in [0.25, 0.3) is 0 Å². The Morgan fingerprint density at radius 1 is 0.225 bits per heavy atom. The molecule has 0 aliphatic carbocycles. The van der Waals surface area contributed by atoms with Crippen LogP contribution in [-0.4, -0.2) is 95.9 Å². The Morgan fingerprint density at radius 3 is 0.651 bits per heavy atom. The van der Waals surface area contributed by atoms with Crippen LogP contribution < -0.4 is 0 Å². The number of aliphatic hydroxyl groups excluding tert-OH is 2. The monoisotopic (exact) mass is 1840 g/mol. The van der Waals surface area contributed by atoms with Gasteiger partial charge < -0.3 is 34.2 Å². The fraction of sp³-hybridized carbons (Fsp3) is 0.721. The number of phosphoric acid groups is 2. The number of carbonyl (C=O) groups excluding carboxylic acids is 3. The zero-order chi connectivity index (χ0) is 93.5. The summed E-state index contributed by atoms with van der Waals surface area (Å²) >= 11 is 0. The van der Waals surface area contributed by atoms with Gasteiger partial charge in [-0.05, 0) is 154 Å². The number of hydrogen-bond acceptors (Lipinski definition) is 14. The van der Waals surface area contributed by atoms with Crippen molar-refractivity contribution in [2.24, 2.45) is 0 Å². The predicted molar refractivity (Wildman–Crippen MR) is 546 cm³/mol. The molecule has 5 unspecified atom stereocenters. The molecule has 0 radical (unpaired) electrons. The highest BCUT2D eigenvalue weighted by molar-refractivity contribution is 7.47. The van der Waals surface area contributed by atoms with E-state index < -0.39 is 91.5 Å². The van der Waals surface area contributed by atoms with Crippen LogP contribution in [0.4, 0.5) is 0 Å². The summed E-state index contributed by atoms with van der Waals surface area (Å²) < 4.78 is 61.7. The molecule has 0 saturated heterocycles. The molecule has 0 fully saturated rings. The van der Waals surface area contributed by atoms with Crippen molar-refractivity contribution < 1.29 is 75.8 Å². The number of aliphatic hydroxyl groups is 2. The number of allylic oxidation sites excluding steroid dienone is 28. The molecule has 0 saturated carbocycles. The van der Waals surface area contributed by atoms with E-state index in [-0.39, 0.29) is 19.3 Å². The Morgan fingerprint density at radius 2 is 0.411 bits per heavy atom. The van der Waals surface area contributed by atoms with E-state index in [0.29, 0.717) is 19.3 Å². The summed E-state index contributed by atoms with van der Waals surface area (Å²) in [4.78, 5) is 59.2. The Kier molecular flexibility index (Phi) is 97.8. The quantitative estimate of drug-likeness (QED) is 0.0146. The Hall–Kier alpha value is -5.09. The number of unbranched alkanes of at least 4 members (excludes halogenated alkanes) is 48. The molecule has 0 aromatic carbocycles. The van der Waals surface area contributed by atoms with E-state index in [1.54, 1.807) is 0 Å². The van der Waals surface area contributed by atoms with Gasteiger partial charge in [0.2, 0.25) is 0 Å². The summed E-state index contributed by atoms with van der Waals surface area (Å²) in [5.74, 6) is -1.57. The lowest BCUT2D eigenvalue weighted by Crippen LogP contribution is -2.30. The van der Waals surface area contributed by atoms with Gasteiger partial charge in [0.05, 0.1) is 26.4 Å². The molecule has 0 spiro atoms. The first kappa shape index (κ1) is 124. The van der Waals surface area contributed by atoms with Gasteiger partial charge in [-0.3, -0.25) is 32.5 Å². The van der Waals surface area contributed by atoms with Crippen molar-refractivity contribution in [1.82, 2.24) is 0 Å². The van der Waals surface area contributed by atoms with Gasteiger partial charge in [0, 0.05) is 19.3 Å².